The lowest BCUT2D eigenvalue weighted by Gasteiger charge is -2.18. The van der Waals surface area contributed by atoms with Crippen molar-refractivity contribution in [3.8, 4) is 0 Å². The van der Waals surface area contributed by atoms with Gasteiger partial charge in [-0.3, -0.25) is 5.84 Å². The van der Waals surface area contributed by atoms with Gasteiger partial charge >= 0.3 is 0 Å². The van der Waals surface area contributed by atoms with Crippen LogP contribution in [-0.4, -0.2) is 0 Å². The Morgan fingerprint density at radius 3 is 2.54 bits per heavy atom. The van der Waals surface area contributed by atoms with Gasteiger partial charge in [-0.2, -0.15) is 0 Å². The van der Waals surface area contributed by atoms with Gasteiger partial charge in [0.1, 0.15) is 0 Å². The van der Waals surface area contributed by atoms with Crippen molar-refractivity contribution in [2.75, 3.05) is 0 Å². The molecule has 13 heavy (non-hydrogen) atoms. The first kappa shape index (κ1) is 9.96. The predicted octanol–water partition coefficient (Wildman–Crippen LogP) is 2.08. The van der Waals surface area contributed by atoms with Crippen LogP contribution in [0, 0.1) is 6.92 Å². The SMILES string of the molecule is C=C(C)C(NN)c1ccccc1C. The average molecular weight is 176 g/mol. The van der Waals surface area contributed by atoms with Crippen LogP contribution in [0.25, 0.3) is 0 Å². The Balaban J connectivity index is 3.04. The van der Waals surface area contributed by atoms with Crippen LogP contribution in [0.3, 0.4) is 0 Å². The zero-order chi connectivity index (χ0) is 9.84. The van der Waals surface area contributed by atoms with Crippen LogP contribution in [0.4, 0.5) is 0 Å². The molecule has 0 aliphatic heterocycles. The third kappa shape index (κ3) is 2.17. The zero-order valence-corrected chi connectivity index (χ0v) is 8.17. The maximum absolute atomic E-state index is 5.46. The van der Waals surface area contributed by atoms with Gasteiger partial charge in [0, 0.05) is 0 Å². The van der Waals surface area contributed by atoms with E-state index in [2.05, 4.69) is 31.1 Å². The minimum atomic E-state index is 0.0567. The van der Waals surface area contributed by atoms with Crippen molar-refractivity contribution < 1.29 is 0 Å². The number of hydrogen-bond acceptors (Lipinski definition) is 2. The number of nitrogens with one attached hydrogen (secondary N) is 1. The summed E-state index contributed by atoms with van der Waals surface area (Å²) in [6.07, 6.45) is 0. The fourth-order valence-corrected chi connectivity index (χ4v) is 1.41. The number of hydrazine groups is 1. The van der Waals surface area contributed by atoms with Gasteiger partial charge < -0.3 is 0 Å². The summed E-state index contributed by atoms with van der Waals surface area (Å²) in [5.41, 5.74) is 6.21. The highest BCUT2D eigenvalue weighted by Crippen LogP contribution is 2.21. The van der Waals surface area contributed by atoms with Crippen LogP contribution >= 0.6 is 0 Å². The van der Waals surface area contributed by atoms with Crippen molar-refractivity contribution in [1.82, 2.24) is 5.43 Å². The molecule has 3 N–H and O–H groups in total. The maximum Gasteiger partial charge on any atom is 0.0667 e. The molecule has 0 aromatic heterocycles. The molecule has 1 aromatic carbocycles. The summed E-state index contributed by atoms with van der Waals surface area (Å²) in [7, 11) is 0. The van der Waals surface area contributed by atoms with E-state index in [-0.39, 0.29) is 6.04 Å². The third-order valence-electron chi connectivity index (χ3n) is 2.16. The number of benzene rings is 1. The molecular formula is C11H16N2. The molecule has 0 fully saturated rings. The molecule has 0 radical (unpaired) electrons. The third-order valence-corrected chi connectivity index (χ3v) is 2.16. The average Bonchev–Trinajstić information content (AvgIpc) is 2.09. The number of nitrogens with two attached hydrogens (primary N) is 1. The van der Waals surface area contributed by atoms with E-state index in [1.54, 1.807) is 0 Å². The summed E-state index contributed by atoms with van der Waals surface area (Å²) in [5.74, 6) is 5.46. The van der Waals surface area contributed by atoms with E-state index in [1.165, 1.54) is 11.1 Å². The Bertz CT molecular complexity index is 305. The van der Waals surface area contributed by atoms with Gasteiger partial charge in [0.15, 0.2) is 0 Å². The minimum Gasteiger partial charge on any atom is -0.271 e. The fourth-order valence-electron chi connectivity index (χ4n) is 1.41. The number of hydrogen-bond donors (Lipinski definition) is 2. The predicted molar refractivity (Wildman–Crippen MR) is 56.1 cm³/mol. The summed E-state index contributed by atoms with van der Waals surface area (Å²) < 4.78 is 0. The Morgan fingerprint density at radius 2 is 2.08 bits per heavy atom. The van der Waals surface area contributed by atoms with Gasteiger partial charge in [0.05, 0.1) is 6.04 Å². The second-order valence-electron chi connectivity index (χ2n) is 3.30. The molecule has 1 atom stereocenters. The maximum atomic E-state index is 5.46. The summed E-state index contributed by atoms with van der Waals surface area (Å²) in [5, 5.41) is 0. The first-order chi connectivity index (χ1) is 6.16. The van der Waals surface area contributed by atoms with Crippen molar-refractivity contribution in [1.29, 1.82) is 0 Å². The van der Waals surface area contributed by atoms with E-state index in [0.717, 1.165) is 5.57 Å². The Morgan fingerprint density at radius 1 is 1.46 bits per heavy atom. The molecular weight excluding hydrogens is 160 g/mol. The second-order valence-corrected chi connectivity index (χ2v) is 3.30. The van der Waals surface area contributed by atoms with Crippen LogP contribution in [0.5, 0.6) is 0 Å². The van der Waals surface area contributed by atoms with Gasteiger partial charge in [0.2, 0.25) is 0 Å². The molecule has 0 amide bonds. The molecule has 0 bridgehead atoms. The molecule has 70 valence electrons. The lowest BCUT2D eigenvalue weighted by Crippen LogP contribution is -2.29. The van der Waals surface area contributed by atoms with E-state index < -0.39 is 0 Å². The lowest BCUT2D eigenvalue weighted by atomic mass is 9.97. The highest BCUT2D eigenvalue weighted by atomic mass is 15.2. The number of aryl methyl sites for hydroxylation is 1. The van der Waals surface area contributed by atoms with Crippen molar-refractivity contribution in [2.45, 2.75) is 19.9 Å². The second kappa shape index (κ2) is 4.21. The van der Waals surface area contributed by atoms with Gasteiger partial charge in [-0.15, -0.1) is 0 Å². The smallest absolute Gasteiger partial charge is 0.0667 e. The Kier molecular flexibility index (Phi) is 3.23. The van der Waals surface area contributed by atoms with Gasteiger partial charge in [-0.1, -0.05) is 36.4 Å². The van der Waals surface area contributed by atoms with Gasteiger partial charge in [-0.05, 0) is 25.0 Å². The van der Waals surface area contributed by atoms with E-state index in [1.807, 2.05) is 19.1 Å². The van der Waals surface area contributed by atoms with Crippen molar-refractivity contribution in [3.63, 3.8) is 0 Å². The van der Waals surface area contributed by atoms with E-state index in [4.69, 9.17) is 5.84 Å². The molecule has 1 rings (SSSR count). The van der Waals surface area contributed by atoms with E-state index in [9.17, 15) is 0 Å². The highest BCUT2D eigenvalue weighted by molar-refractivity contribution is 5.33. The van der Waals surface area contributed by atoms with Gasteiger partial charge in [-0.25, -0.2) is 5.43 Å². The summed E-state index contributed by atoms with van der Waals surface area (Å²) in [4.78, 5) is 0. The van der Waals surface area contributed by atoms with Crippen molar-refractivity contribution in [3.05, 3.63) is 47.5 Å². The number of rotatable bonds is 3. The van der Waals surface area contributed by atoms with E-state index in [0.29, 0.717) is 0 Å². The molecule has 1 aromatic rings. The van der Waals surface area contributed by atoms with Crippen LogP contribution in [0.2, 0.25) is 0 Å². The van der Waals surface area contributed by atoms with Gasteiger partial charge in [0.25, 0.3) is 0 Å². The quantitative estimate of drug-likeness (QED) is 0.420. The van der Waals surface area contributed by atoms with Crippen molar-refractivity contribution in [2.24, 2.45) is 5.84 Å². The van der Waals surface area contributed by atoms with Crippen LogP contribution in [0.1, 0.15) is 24.1 Å². The Hall–Kier alpha value is -1.12. The monoisotopic (exact) mass is 176 g/mol. The Labute approximate surface area is 79.4 Å². The molecule has 0 aliphatic rings. The van der Waals surface area contributed by atoms with Crippen molar-refractivity contribution >= 4 is 0 Å². The molecule has 0 saturated heterocycles. The molecule has 0 aliphatic carbocycles. The standard InChI is InChI=1S/C11H16N2/c1-8(2)11(13-12)10-7-5-4-6-9(10)3/h4-7,11,13H,1,12H2,2-3H3. The minimum absolute atomic E-state index is 0.0567. The lowest BCUT2D eigenvalue weighted by molar-refractivity contribution is 0.624. The van der Waals surface area contributed by atoms with Crippen LogP contribution in [0.15, 0.2) is 36.4 Å². The molecule has 1 unspecified atom stereocenters. The molecule has 2 heteroatoms. The zero-order valence-electron chi connectivity index (χ0n) is 8.17. The molecule has 2 nitrogen and oxygen atoms in total. The van der Waals surface area contributed by atoms with Crippen LogP contribution in [-0.2, 0) is 0 Å². The normalized spacial score (nSPS) is 12.5. The summed E-state index contributed by atoms with van der Waals surface area (Å²) in [6, 6.07) is 8.22. The molecule has 0 spiro atoms. The highest BCUT2D eigenvalue weighted by Gasteiger charge is 2.11. The van der Waals surface area contributed by atoms with Crippen LogP contribution < -0.4 is 11.3 Å². The topological polar surface area (TPSA) is 38.0 Å². The first-order valence-corrected chi connectivity index (χ1v) is 4.34. The molecule has 0 saturated carbocycles. The van der Waals surface area contributed by atoms with E-state index >= 15 is 0 Å². The summed E-state index contributed by atoms with van der Waals surface area (Å²) in [6.45, 7) is 7.94. The molecule has 0 heterocycles. The summed E-state index contributed by atoms with van der Waals surface area (Å²) >= 11 is 0. The first-order valence-electron chi connectivity index (χ1n) is 4.34. The fraction of sp³-hybridized carbons (Fsp3) is 0.273. The largest absolute Gasteiger partial charge is 0.271 e.